The molecule has 0 fully saturated rings. The van der Waals surface area contributed by atoms with Crippen LogP contribution in [0.5, 0.6) is 0 Å². The average molecular weight is 329 g/mol. The Balaban J connectivity index is 1.64. The lowest BCUT2D eigenvalue weighted by Gasteiger charge is -2.07. The molecule has 120 valence electrons. The van der Waals surface area contributed by atoms with Crippen LogP contribution in [0.15, 0.2) is 53.4 Å². The summed E-state index contributed by atoms with van der Waals surface area (Å²) in [6.45, 7) is 2.17. The Morgan fingerprint density at radius 3 is 2.57 bits per heavy atom. The van der Waals surface area contributed by atoms with E-state index in [-0.39, 0.29) is 18.2 Å². The minimum absolute atomic E-state index is 0.0830. The summed E-state index contributed by atoms with van der Waals surface area (Å²) in [6.07, 6.45) is 0.220. The van der Waals surface area contributed by atoms with Crippen LogP contribution in [0.4, 0.5) is 5.82 Å². The van der Waals surface area contributed by atoms with Gasteiger partial charge in [-0.15, -0.1) is 11.8 Å². The van der Waals surface area contributed by atoms with E-state index >= 15 is 0 Å². The molecule has 2 N–H and O–H groups in total. The van der Waals surface area contributed by atoms with Crippen LogP contribution in [0.3, 0.4) is 0 Å². The molecule has 0 spiro atoms. The molecule has 6 heteroatoms. The highest BCUT2D eigenvalue weighted by molar-refractivity contribution is 8.00. The van der Waals surface area contributed by atoms with Gasteiger partial charge in [0.15, 0.2) is 0 Å². The molecule has 0 aliphatic heterocycles. The maximum absolute atomic E-state index is 11.8. The summed E-state index contributed by atoms with van der Waals surface area (Å²) in [7, 11) is 0. The number of aryl methyl sites for hydroxylation is 1. The first-order valence-electron chi connectivity index (χ1n) is 7.31. The zero-order valence-electron chi connectivity index (χ0n) is 12.9. The molecule has 0 saturated heterocycles. The normalized spacial score (nSPS) is 10.1. The molecule has 1 aromatic carbocycles. The smallest absolute Gasteiger partial charge is 0.230 e. The number of nitrogens with zero attached hydrogens (tertiary/aromatic N) is 1. The molecule has 0 radical (unpaired) electrons. The van der Waals surface area contributed by atoms with Gasteiger partial charge in [-0.2, -0.15) is 0 Å². The fraction of sp³-hybridized carbons (Fsp3) is 0.235. The first-order chi connectivity index (χ1) is 11.1. The predicted octanol–water partition coefficient (Wildman–Crippen LogP) is 2.63. The van der Waals surface area contributed by atoms with Crippen LogP contribution in [0.1, 0.15) is 12.1 Å². The van der Waals surface area contributed by atoms with Gasteiger partial charge in [0.2, 0.25) is 11.8 Å². The van der Waals surface area contributed by atoms with Crippen LogP contribution in [0.25, 0.3) is 0 Å². The Morgan fingerprint density at radius 1 is 1.04 bits per heavy atom. The number of hydrogen-bond acceptors (Lipinski definition) is 4. The monoisotopic (exact) mass is 329 g/mol. The highest BCUT2D eigenvalue weighted by Crippen LogP contribution is 2.16. The average Bonchev–Trinajstić information content (AvgIpc) is 2.54. The molecule has 0 saturated carbocycles. The van der Waals surface area contributed by atoms with E-state index < -0.39 is 0 Å². The predicted molar refractivity (Wildman–Crippen MR) is 92.4 cm³/mol. The molecule has 0 unspecified atom stereocenters. The molecule has 0 aliphatic carbocycles. The van der Waals surface area contributed by atoms with Crippen molar-refractivity contribution in [2.75, 3.05) is 17.6 Å². The largest absolute Gasteiger partial charge is 0.355 e. The van der Waals surface area contributed by atoms with E-state index in [1.165, 1.54) is 11.8 Å². The van der Waals surface area contributed by atoms with Gasteiger partial charge in [-0.1, -0.05) is 24.3 Å². The molecule has 1 heterocycles. The zero-order chi connectivity index (χ0) is 16.5. The number of hydrogen-bond donors (Lipinski definition) is 2. The highest BCUT2D eigenvalue weighted by atomic mass is 32.2. The summed E-state index contributed by atoms with van der Waals surface area (Å²) < 4.78 is 0. The van der Waals surface area contributed by atoms with Crippen LogP contribution >= 0.6 is 11.8 Å². The third-order valence-electron chi connectivity index (χ3n) is 2.94. The van der Waals surface area contributed by atoms with Crippen molar-refractivity contribution in [1.82, 2.24) is 10.3 Å². The summed E-state index contributed by atoms with van der Waals surface area (Å²) in [6, 6.07) is 15.2. The van der Waals surface area contributed by atoms with Gasteiger partial charge >= 0.3 is 0 Å². The number of aromatic nitrogens is 1. The molecule has 1 aromatic heterocycles. The van der Waals surface area contributed by atoms with Crippen LogP contribution in [0.2, 0.25) is 0 Å². The lowest BCUT2D eigenvalue weighted by atomic mass is 10.3. The van der Waals surface area contributed by atoms with E-state index in [2.05, 4.69) is 15.6 Å². The molecule has 2 amide bonds. The number of thioether (sulfide) groups is 1. The third-order valence-corrected chi connectivity index (χ3v) is 3.96. The summed E-state index contributed by atoms with van der Waals surface area (Å²) >= 11 is 1.47. The van der Waals surface area contributed by atoms with Gasteiger partial charge in [-0.05, 0) is 31.2 Å². The Hall–Kier alpha value is -2.34. The highest BCUT2D eigenvalue weighted by Gasteiger charge is 2.06. The van der Waals surface area contributed by atoms with Crippen LogP contribution in [0, 0.1) is 6.92 Å². The van der Waals surface area contributed by atoms with Crippen molar-refractivity contribution in [2.45, 2.75) is 18.2 Å². The van der Waals surface area contributed by atoms with Gasteiger partial charge in [-0.25, -0.2) is 4.98 Å². The van der Waals surface area contributed by atoms with E-state index in [4.69, 9.17) is 0 Å². The first kappa shape index (κ1) is 17.0. The van der Waals surface area contributed by atoms with Crippen molar-refractivity contribution in [3.8, 4) is 0 Å². The summed E-state index contributed by atoms with van der Waals surface area (Å²) in [5, 5.41) is 5.45. The van der Waals surface area contributed by atoms with E-state index in [9.17, 15) is 9.59 Å². The number of nitrogens with one attached hydrogen (secondary N) is 2. The second-order valence-corrected chi connectivity index (χ2v) is 5.96. The van der Waals surface area contributed by atoms with Gasteiger partial charge < -0.3 is 10.6 Å². The molecule has 5 nitrogen and oxygen atoms in total. The summed E-state index contributed by atoms with van der Waals surface area (Å²) in [5.74, 6) is 0.617. The maximum atomic E-state index is 11.8. The molecule has 2 aromatic rings. The van der Waals surface area contributed by atoms with Crippen molar-refractivity contribution in [1.29, 1.82) is 0 Å². The topological polar surface area (TPSA) is 71.1 Å². The number of carbonyl (C=O) groups is 2. The molecule has 0 aliphatic rings. The molecule has 0 atom stereocenters. The van der Waals surface area contributed by atoms with E-state index in [0.29, 0.717) is 18.1 Å². The summed E-state index contributed by atoms with van der Waals surface area (Å²) in [4.78, 5) is 28.7. The Morgan fingerprint density at radius 2 is 1.83 bits per heavy atom. The molecular formula is C17H19N3O2S. The van der Waals surface area contributed by atoms with E-state index in [0.717, 1.165) is 10.6 Å². The summed E-state index contributed by atoms with van der Waals surface area (Å²) in [5.41, 5.74) is 0.842. The van der Waals surface area contributed by atoms with Crippen LogP contribution < -0.4 is 10.6 Å². The first-order valence-corrected chi connectivity index (χ1v) is 8.30. The van der Waals surface area contributed by atoms with Gasteiger partial charge in [-0.3, -0.25) is 9.59 Å². The minimum atomic E-state index is -0.167. The second kappa shape index (κ2) is 8.95. The van der Waals surface area contributed by atoms with E-state index in [1.54, 1.807) is 6.07 Å². The molecule has 2 rings (SSSR count). The quantitative estimate of drug-likeness (QED) is 0.766. The van der Waals surface area contributed by atoms with Crippen molar-refractivity contribution in [3.05, 3.63) is 54.2 Å². The van der Waals surface area contributed by atoms with Crippen molar-refractivity contribution < 1.29 is 9.59 Å². The number of amides is 2. The van der Waals surface area contributed by atoms with E-state index in [1.807, 2.05) is 49.4 Å². The standard InChI is InChI=1S/C17H19N3O2S/c1-13-6-5-9-15(19-13)20-16(21)10-11-18-17(22)12-23-14-7-3-2-4-8-14/h2-9H,10-12H2,1H3,(H,18,22)(H,19,20,21). The maximum Gasteiger partial charge on any atom is 0.230 e. The number of benzene rings is 1. The van der Waals surface area contributed by atoms with Gasteiger partial charge in [0, 0.05) is 23.6 Å². The zero-order valence-corrected chi connectivity index (χ0v) is 13.7. The Bertz CT molecular complexity index is 662. The van der Waals surface area contributed by atoms with Crippen molar-refractivity contribution in [3.63, 3.8) is 0 Å². The molecular weight excluding hydrogens is 310 g/mol. The minimum Gasteiger partial charge on any atom is -0.355 e. The lowest BCUT2D eigenvalue weighted by Crippen LogP contribution is -2.29. The van der Waals surface area contributed by atoms with Gasteiger partial charge in [0.05, 0.1) is 5.75 Å². The van der Waals surface area contributed by atoms with Gasteiger partial charge in [0.1, 0.15) is 5.82 Å². The van der Waals surface area contributed by atoms with Gasteiger partial charge in [0.25, 0.3) is 0 Å². The lowest BCUT2D eigenvalue weighted by molar-refractivity contribution is -0.119. The Kier molecular flexibility index (Phi) is 6.62. The van der Waals surface area contributed by atoms with Crippen molar-refractivity contribution in [2.24, 2.45) is 0 Å². The molecule has 23 heavy (non-hydrogen) atoms. The van der Waals surface area contributed by atoms with Crippen molar-refractivity contribution >= 4 is 29.4 Å². The Labute approximate surface area is 139 Å². The third kappa shape index (κ3) is 6.52. The number of anilines is 1. The SMILES string of the molecule is Cc1cccc(NC(=O)CCNC(=O)CSc2ccccc2)n1. The van der Waals surface area contributed by atoms with Crippen LogP contribution in [-0.4, -0.2) is 29.1 Å². The second-order valence-electron chi connectivity index (χ2n) is 4.91. The molecule has 0 bridgehead atoms. The fourth-order valence-electron chi connectivity index (χ4n) is 1.85. The fourth-order valence-corrected chi connectivity index (χ4v) is 2.60. The number of carbonyl (C=O) groups excluding carboxylic acids is 2. The number of rotatable bonds is 7. The van der Waals surface area contributed by atoms with Crippen LogP contribution in [-0.2, 0) is 9.59 Å². The number of pyridine rings is 1.